The number of benzene rings is 1. The SMILES string of the molecule is Cc1[nH]c2ccc(C(=O)NCC(=O)NC3CC3)cc2c1C. The number of aryl methyl sites for hydroxylation is 2. The largest absolute Gasteiger partial charge is 0.358 e. The van der Waals surface area contributed by atoms with Crippen molar-refractivity contribution < 1.29 is 9.59 Å². The lowest BCUT2D eigenvalue weighted by molar-refractivity contribution is -0.120. The van der Waals surface area contributed by atoms with E-state index in [9.17, 15) is 9.59 Å². The molecule has 5 heteroatoms. The van der Waals surface area contributed by atoms with Crippen LogP contribution in [0.5, 0.6) is 0 Å². The molecule has 1 aromatic carbocycles. The van der Waals surface area contributed by atoms with Gasteiger partial charge >= 0.3 is 0 Å². The van der Waals surface area contributed by atoms with Crippen LogP contribution in [0.4, 0.5) is 0 Å². The number of aromatic amines is 1. The summed E-state index contributed by atoms with van der Waals surface area (Å²) in [6.45, 7) is 4.06. The first-order chi connectivity index (χ1) is 10.0. The second kappa shape index (κ2) is 5.24. The van der Waals surface area contributed by atoms with Crippen molar-refractivity contribution >= 4 is 22.7 Å². The molecule has 3 N–H and O–H groups in total. The molecule has 1 heterocycles. The van der Waals surface area contributed by atoms with Crippen molar-refractivity contribution in [3.63, 3.8) is 0 Å². The average molecular weight is 285 g/mol. The molecule has 1 saturated carbocycles. The van der Waals surface area contributed by atoms with Crippen molar-refractivity contribution in [1.82, 2.24) is 15.6 Å². The molecule has 21 heavy (non-hydrogen) atoms. The molecular formula is C16H19N3O2. The van der Waals surface area contributed by atoms with Crippen molar-refractivity contribution in [2.24, 2.45) is 0 Å². The van der Waals surface area contributed by atoms with Crippen molar-refractivity contribution in [1.29, 1.82) is 0 Å². The molecule has 1 aliphatic carbocycles. The van der Waals surface area contributed by atoms with Gasteiger partial charge in [0.15, 0.2) is 0 Å². The van der Waals surface area contributed by atoms with Gasteiger partial charge in [-0.1, -0.05) is 0 Å². The Hall–Kier alpha value is -2.30. The van der Waals surface area contributed by atoms with E-state index in [4.69, 9.17) is 0 Å². The molecule has 0 saturated heterocycles. The van der Waals surface area contributed by atoms with E-state index in [1.54, 1.807) is 6.07 Å². The second-order valence-corrected chi connectivity index (χ2v) is 5.66. The highest BCUT2D eigenvalue weighted by atomic mass is 16.2. The molecule has 2 amide bonds. The standard InChI is InChI=1S/C16H19N3O2/c1-9-10(2)18-14-6-3-11(7-13(9)14)16(21)17-8-15(20)19-12-4-5-12/h3,6-7,12,18H,4-5,8H2,1-2H3,(H,17,21)(H,19,20). The Morgan fingerprint density at radius 3 is 2.76 bits per heavy atom. The van der Waals surface area contributed by atoms with Gasteiger partial charge in [0.2, 0.25) is 5.91 Å². The first-order valence-corrected chi connectivity index (χ1v) is 7.21. The highest BCUT2D eigenvalue weighted by Gasteiger charge is 2.23. The van der Waals surface area contributed by atoms with E-state index in [-0.39, 0.29) is 18.4 Å². The number of hydrogen-bond donors (Lipinski definition) is 3. The average Bonchev–Trinajstić information content (AvgIpc) is 3.23. The van der Waals surface area contributed by atoms with Gasteiger partial charge in [-0.25, -0.2) is 0 Å². The van der Waals surface area contributed by atoms with Crippen LogP contribution in [0.25, 0.3) is 10.9 Å². The first-order valence-electron chi connectivity index (χ1n) is 7.21. The molecule has 0 radical (unpaired) electrons. The molecule has 3 rings (SSSR count). The molecule has 1 aromatic heterocycles. The summed E-state index contributed by atoms with van der Waals surface area (Å²) < 4.78 is 0. The van der Waals surface area contributed by atoms with Crippen LogP contribution >= 0.6 is 0 Å². The number of rotatable bonds is 4. The van der Waals surface area contributed by atoms with Crippen molar-refractivity contribution in [3.05, 3.63) is 35.0 Å². The summed E-state index contributed by atoms with van der Waals surface area (Å²) in [7, 11) is 0. The number of carbonyl (C=O) groups excluding carboxylic acids is 2. The summed E-state index contributed by atoms with van der Waals surface area (Å²) in [4.78, 5) is 27.0. The van der Waals surface area contributed by atoms with Crippen LogP contribution < -0.4 is 10.6 Å². The molecule has 0 aliphatic heterocycles. The maximum absolute atomic E-state index is 12.1. The molecule has 0 atom stereocenters. The Morgan fingerprint density at radius 2 is 2.05 bits per heavy atom. The van der Waals surface area contributed by atoms with Crippen LogP contribution in [0.2, 0.25) is 0 Å². The predicted molar refractivity (Wildman–Crippen MR) is 81.3 cm³/mol. The summed E-state index contributed by atoms with van der Waals surface area (Å²) in [5.41, 5.74) is 3.84. The third kappa shape index (κ3) is 2.91. The van der Waals surface area contributed by atoms with Crippen LogP contribution in [0.15, 0.2) is 18.2 Å². The monoisotopic (exact) mass is 285 g/mol. The minimum absolute atomic E-state index is 0.0263. The molecule has 0 bridgehead atoms. The lowest BCUT2D eigenvalue weighted by Crippen LogP contribution is -2.37. The third-order valence-corrected chi connectivity index (χ3v) is 3.92. The molecule has 0 unspecified atom stereocenters. The Balaban J connectivity index is 1.68. The van der Waals surface area contributed by atoms with Gasteiger partial charge in [0.05, 0.1) is 6.54 Å². The fourth-order valence-electron chi connectivity index (χ4n) is 2.37. The molecule has 110 valence electrons. The van der Waals surface area contributed by atoms with E-state index in [1.165, 1.54) is 0 Å². The molecule has 1 aliphatic rings. The first kappa shape index (κ1) is 13.7. The Bertz CT molecular complexity index is 714. The van der Waals surface area contributed by atoms with Gasteiger partial charge in [-0.05, 0) is 50.5 Å². The summed E-state index contributed by atoms with van der Waals surface area (Å²) in [5.74, 6) is -0.346. The van der Waals surface area contributed by atoms with Gasteiger partial charge in [0.25, 0.3) is 5.91 Å². The molecule has 2 aromatic rings. The van der Waals surface area contributed by atoms with E-state index < -0.39 is 0 Å². The van der Waals surface area contributed by atoms with Gasteiger partial charge in [0, 0.05) is 28.2 Å². The van der Waals surface area contributed by atoms with Crippen molar-refractivity contribution in [2.45, 2.75) is 32.7 Å². The number of aromatic nitrogens is 1. The quantitative estimate of drug-likeness (QED) is 0.801. The fourth-order valence-corrected chi connectivity index (χ4v) is 2.37. The minimum atomic E-state index is -0.221. The van der Waals surface area contributed by atoms with Crippen LogP contribution in [0, 0.1) is 13.8 Å². The highest BCUT2D eigenvalue weighted by Crippen LogP contribution is 2.22. The predicted octanol–water partition coefficient (Wildman–Crippen LogP) is 1.79. The lowest BCUT2D eigenvalue weighted by atomic mass is 10.1. The third-order valence-electron chi connectivity index (χ3n) is 3.92. The van der Waals surface area contributed by atoms with E-state index in [1.807, 2.05) is 26.0 Å². The Labute approximate surface area is 123 Å². The topological polar surface area (TPSA) is 74.0 Å². The van der Waals surface area contributed by atoms with Crippen LogP contribution in [-0.4, -0.2) is 29.4 Å². The van der Waals surface area contributed by atoms with E-state index >= 15 is 0 Å². The zero-order chi connectivity index (χ0) is 15.0. The summed E-state index contributed by atoms with van der Waals surface area (Å²) >= 11 is 0. The number of carbonyl (C=O) groups is 2. The fraction of sp³-hybridized carbons (Fsp3) is 0.375. The Kier molecular flexibility index (Phi) is 3.41. The number of H-pyrrole nitrogens is 1. The smallest absolute Gasteiger partial charge is 0.251 e. The maximum Gasteiger partial charge on any atom is 0.251 e. The van der Waals surface area contributed by atoms with Gasteiger partial charge < -0.3 is 15.6 Å². The zero-order valence-corrected chi connectivity index (χ0v) is 12.2. The van der Waals surface area contributed by atoms with Gasteiger partial charge in [-0.3, -0.25) is 9.59 Å². The molecule has 0 spiro atoms. The van der Waals surface area contributed by atoms with E-state index in [0.717, 1.165) is 35.0 Å². The minimum Gasteiger partial charge on any atom is -0.358 e. The molecule has 1 fully saturated rings. The van der Waals surface area contributed by atoms with Gasteiger partial charge in [-0.2, -0.15) is 0 Å². The highest BCUT2D eigenvalue weighted by molar-refractivity contribution is 6.00. The summed E-state index contributed by atoms with van der Waals surface area (Å²) in [6, 6.07) is 5.85. The number of hydrogen-bond acceptors (Lipinski definition) is 2. The van der Waals surface area contributed by atoms with Crippen LogP contribution in [-0.2, 0) is 4.79 Å². The normalized spacial score (nSPS) is 14.2. The van der Waals surface area contributed by atoms with E-state index in [0.29, 0.717) is 11.6 Å². The maximum atomic E-state index is 12.1. The van der Waals surface area contributed by atoms with Crippen LogP contribution in [0.3, 0.4) is 0 Å². The number of nitrogens with one attached hydrogen (secondary N) is 3. The molecule has 5 nitrogen and oxygen atoms in total. The number of amides is 2. The van der Waals surface area contributed by atoms with Gasteiger partial charge in [-0.15, -0.1) is 0 Å². The summed E-state index contributed by atoms with van der Waals surface area (Å²) in [6.07, 6.45) is 2.09. The Morgan fingerprint density at radius 1 is 1.29 bits per heavy atom. The van der Waals surface area contributed by atoms with Gasteiger partial charge in [0.1, 0.15) is 0 Å². The second-order valence-electron chi connectivity index (χ2n) is 5.66. The van der Waals surface area contributed by atoms with Crippen molar-refractivity contribution in [3.8, 4) is 0 Å². The molecular weight excluding hydrogens is 266 g/mol. The van der Waals surface area contributed by atoms with E-state index in [2.05, 4.69) is 15.6 Å². The number of fused-ring (bicyclic) bond motifs is 1. The lowest BCUT2D eigenvalue weighted by Gasteiger charge is -2.06. The summed E-state index contributed by atoms with van der Waals surface area (Å²) in [5, 5.41) is 6.55. The van der Waals surface area contributed by atoms with Crippen LogP contribution in [0.1, 0.15) is 34.5 Å². The zero-order valence-electron chi connectivity index (χ0n) is 12.2. The van der Waals surface area contributed by atoms with Crippen molar-refractivity contribution in [2.75, 3.05) is 6.54 Å².